The van der Waals surface area contributed by atoms with Crippen LogP contribution in [-0.2, 0) is 6.61 Å². The van der Waals surface area contributed by atoms with Gasteiger partial charge in [-0.05, 0) is 49.6 Å². The van der Waals surface area contributed by atoms with E-state index < -0.39 is 5.91 Å². The molecule has 0 spiro atoms. The fourth-order valence-corrected chi connectivity index (χ4v) is 2.16. The van der Waals surface area contributed by atoms with Crippen LogP contribution < -0.4 is 10.5 Å². The summed E-state index contributed by atoms with van der Waals surface area (Å²) in [5.41, 5.74) is 10.0. The third-order valence-electron chi connectivity index (χ3n) is 3.25. The lowest BCUT2D eigenvalue weighted by Crippen LogP contribution is -2.12. The van der Waals surface area contributed by atoms with Gasteiger partial charge in [0.05, 0.1) is 0 Å². The predicted octanol–water partition coefficient (Wildman–Crippen LogP) is 3.29. The second-order valence-electron chi connectivity index (χ2n) is 5.08. The molecule has 3 heteroatoms. The molecule has 1 amide bonds. The van der Waals surface area contributed by atoms with Gasteiger partial charge in [0.15, 0.2) is 0 Å². The van der Waals surface area contributed by atoms with Crippen molar-refractivity contribution >= 4 is 5.91 Å². The van der Waals surface area contributed by atoms with E-state index in [1.54, 1.807) is 12.1 Å². The number of rotatable bonds is 4. The molecule has 0 saturated carbocycles. The van der Waals surface area contributed by atoms with Crippen molar-refractivity contribution < 1.29 is 9.53 Å². The highest BCUT2D eigenvalue weighted by Gasteiger charge is 2.09. The molecular formula is C17H19NO2. The first-order valence-corrected chi connectivity index (χ1v) is 6.57. The SMILES string of the molecule is Cc1ccc(COc2c(C)cc(C(N)=O)cc2C)cc1. The van der Waals surface area contributed by atoms with Gasteiger partial charge in [0.2, 0.25) is 5.91 Å². The van der Waals surface area contributed by atoms with Gasteiger partial charge in [-0.3, -0.25) is 4.79 Å². The van der Waals surface area contributed by atoms with Crippen molar-refractivity contribution in [3.05, 3.63) is 64.2 Å². The van der Waals surface area contributed by atoms with Gasteiger partial charge in [-0.1, -0.05) is 29.8 Å². The largest absolute Gasteiger partial charge is 0.488 e. The summed E-state index contributed by atoms with van der Waals surface area (Å²) in [4.78, 5) is 11.2. The number of nitrogens with two attached hydrogens (primary N) is 1. The number of aryl methyl sites for hydroxylation is 3. The summed E-state index contributed by atoms with van der Waals surface area (Å²) >= 11 is 0. The number of carbonyl (C=O) groups is 1. The molecule has 104 valence electrons. The molecule has 0 heterocycles. The van der Waals surface area contributed by atoms with Crippen LogP contribution in [0.25, 0.3) is 0 Å². The third kappa shape index (κ3) is 3.18. The number of ether oxygens (including phenoxy) is 1. The summed E-state index contributed by atoms with van der Waals surface area (Å²) < 4.78 is 5.88. The van der Waals surface area contributed by atoms with E-state index >= 15 is 0 Å². The van der Waals surface area contributed by atoms with E-state index in [2.05, 4.69) is 31.2 Å². The minimum Gasteiger partial charge on any atom is -0.488 e. The Morgan fingerprint density at radius 3 is 2.10 bits per heavy atom. The fraction of sp³-hybridized carbons (Fsp3) is 0.235. The molecule has 0 unspecified atom stereocenters. The monoisotopic (exact) mass is 269 g/mol. The predicted molar refractivity (Wildman–Crippen MR) is 79.9 cm³/mol. The van der Waals surface area contributed by atoms with Crippen LogP contribution in [0.1, 0.15) is 32.6 Å². The molecule has 0 fully saturated rings. The second-order valence-corrected chi connectivity index (χ2v) is 5.08. The third-order valence-corrected chi connectivity index (χ3v) is 3.25. The Hall–Kier alpha value is -2.29. The zero-order chi connectivity index (χ0) is 14.7. The van der Waals surface area contributed by atoms with E-state index in [-0.39, 0.29) is 0 Å². The maximum absolute atomic E-state index is 11.2. The van der Waals surface area contributed by atoms with E-state index in [1.165, 1.54) is 5.56 Å². The zero-order valence-electron chi connectivity index (χ0n) is 12.1. The Morgan fingerprint density at radius 2 is 1.60 bits per heavy atom. The highest BCUT2D eigenvalue weighted by molar-refractivity contribution is 5.93. The number of carbonyl (C=O) groups excluding carboxylic acids is 1. The Morgan fingerprint density at radius 1 is 1.05 bits per heavy atom. The maximum Gasteiger partial charge on any atom is 0.248 e. The molecule has 20 heavy (non-hydrogen) atoms. The molecule has 0 bridgehead atoms. The topological polar surface area (TPSA) is 52.3 Å². The number of hydrogen-bond donors (Lipinski definition) is 1. The average molecular weight is 269 g/mol. The first-order chi connectivity index (χ1) is 9.47. The summed E-state index contributed by atoms with van der Waals surface area (Å²) in [6.45, 7) is 6.41. The van der Waals surface area contributed by atoms with Gasteiger partial charge < -0.3 is 10.5 Å². The molecule has 2 aromatic carbocycles. The molecular weight excluding hydrogens is 250 g/mol. The lowest BCUT2D eigenvalue weighted by Gasteiger charge is -2.13. The van der Waals surface area contributed by atoms with Gasteiger partial charge in [-0.25, -0.2) is 0 Å². The summed E-state index contributed by atoms with van der Waals surface area (Å²) in [6, 6.07) is 11.8. The highest BCUT2D eigenvalue weighted by Crippen LogP contribution is 2.25. The van der Waals surface area contributed by atoms with E-state index in [4.69, 9.17) is 10.5 Å². The summed E-state index contributed by atoms with van der Waals surface area (Å²) in [6.07, 6.45) is 0. The van der Waals surface area contributed by atoms with Crippen LogP contribution in [0, 0.1) is 20.8 Å². The Labute approximate surface area is 119 Å². The van der Waals surface area contributed by atoms with Crippen molar-refractivity contribution in [3.63, 3.8) is 0 Å². The van der Waals surface area contributed by atoms with E-state index in [0.717, 1.165) is 22.4 Å². The van der Waals surface area contributed by atoms with E-state index in [0.29, 0.717) is 12.2 Å². The first-order valence-electron chi connectivity index (χ1n) is 6.57. The molecule has 2 N–H and O–H groups in total. The van der Waals surface area contributed by atoms with Gasteiger partial charge in [0.1, 0.15) is 12.4 Å². The van der Waals surface area contributed by atoms with Gasteiger partial charge in [-0.2, -0.15) is 0 Å². The zero-order valence-corrected chi connectivity index (χ0v) is 12.1. The average Bonchev–Trinajstić information content (AvgIpc) is 2.39. The van der Waals surface area contributed by atoms with Crippen molar-refractivity contribution in [2.75, 3.05) is 0 Å². The molecule has 0 radical (unpaired) electrons. The molecule has 2 aromatic rings. The van der Waals surface area contributed by atoms with Crippen molar-refractivity contribution in [2.24, 2.45) is 5.73 Å². The molecule has 0 aliphatic rings. The summed E-state index contributed by atoms with van der Waals surface area (Å²) in [7, 11) is 0. The van der Waals surface area contributed by atoms with E-state index in [9.17, 15) is 4.79 Å². The van der Waals surface area contributed by atoms with Crippen molar-refractivity contribution in [1.82, 2.24) is 0 Å². The molecule has 3 nitrogen and oxygen atoms in total. The van der Waals surface area contributed by atoms with Crippen LogP contribution in [0.15, 0.2) is 36.4 Å². The van der Waals surface area contributed by atoms with E-state index in [1.807, 2.05) is 13.8 Å². The number of amides is 1. The van der Waals surface area contributed by atoms with Crippen molar-refractivity contribution in [1.29, 1.82) is 0 Å². The smallest absolute Gasteiger partial charge is 0.248 e. The second kappa shape index (κ2) is 5.78. The van der Waals surface area contributed by atoms with Crippen LogP contribution in [0.5, 0.6) is 5.75 Å². The van der Waals surface area contributed by atoms with Crippen LogP contribution >= 0.6 is 0 Å². The molecule has 0 aromatic heterocycles. The fourth-order valence-electron chi connectivity index (χ4n) is 2.16. The highest BCUT2D eigenvalue weighted by atomic mass is 16.5. The van der Waals surface area contributed by atoms with Gasteiger partial charge in [0, 0.05) is 5.56 Å². The van der Waals surface area contributed by atoms with Gasteiger partial charge >= 0.3 is 0 Å². The Balaban J connectivity index is 2.17. The Kier molecular flexibility index (Phi) is 4.08. The standard InChI is InChI=1S/C17H19NO2/c1-11-4-6-14(7-5-11)10-20-16-12(2)8-15(17(18)19)9-13(16)3/h4-9H,10H2,1-3H3,(H2,18,19). The molecule has 0 saturated heterocycles. The molecule has 2 rings (SSSR count). The molecule has 0 aliphatic carbocycles. The lowest BCUT2D eigenvalue weighted by molar-refractivity contribution is 0.1000. The normalized spacial score (nSPS) is 10.3. The summed E-state index contributed by atoms with van der Waals surface area (Å²) in [5.74, 6) is 0.400. The maximum atomic E-state index is 11.2. The van der Waals surface area contributed by atoms with Crippen LogP contribution in [0.2, 0.25) is 0 Å². The van der Waals surface area contributed by atoms with Gasteiger partial charge in [-0.15, -0.1) is 0 Å². The summed E-state index contributed by atoms with van der Waals surface area (Å²) in [5, 5.41) is 0. The number of benzene rings is 2. The molecule has 0 atom stereocenters. The minimum atomic E-state index is -0.415. The van der Waals surface area contributed by atoms with Crippen LogP contribution in [-0.4, -0.2) is 5.91 Å². The number of hydrogen-bond acceptors (Lipinski definition) is 2. The van der Waals surface area contributed by atoms with Gasteiger partial charge in [0.25, 0.3) is 0 Å². The first kappa shape index (κ1) is 14.1. The van der Waals surface area contributed by atoms with Crippen LogP contribution in [0.4, 0.5) is 0 Å². The quantitative estimate of drug-likeness (QED) is 0.926. The van der Waals surface area contributed by atoms with Crippen LogP contribution in [0.3, 0.4) is 0 Å². The Bertz CT molecular complexity index is 607. The molecule has 0 aliphatic heterocycles. The number of primary amides is 1. The van der Waals surface area contributed by atoms with Crippen molar-refractivity contribution in [3.8, 4) is 5.75 Å². The minimum absolute atomic E-state index is 0.415. The lowest BCUT2D eigenvalue weighted by atomic mass is 10.1. The van der Waals surface area contributed by atoms with Crippen molar-refractivity contribution in [2.45, 2.75) is 27.4 Å².